The summed E-state index contributed by atoms with van der Waals surface area (Å²) < 4.78 is 15.8. The molecule has 1 atom stereocenters. The molecule has 0 aromatic heterocycles. The Morgan fingerprint density at radius 3 is 2.63 bits per heavy atom. The van der Waals surface area contributed by atoms with E-state index in [2.05, 4.69) is 15.8 Å². The van der Waals surface area contributed by atoms with E-state index in [1.807, 2.05) is 39.0 Å². The first kappa shape index (κ1) is 21.2. The highest BCUT2D eigenvalue weighted by atomic mass is 16.7. The number of ether oxygens (including phenoxy) is 3. The van der Waals surface area contributed by atoms with Gasteiger partial charge in [-0.1, -0.05) is 26.0 Å². The highest BCUT2D eigenvalue weighted by molar-refractivity contribution is 5.98. The molecule has 8 heteroatoms. The average Bonchev–Trinajstić information content (AvgIpc) is 3.20. The third-order valence-corrected chi connectivity index (χ3v) is 4.69. The van der Waals surface area contributed by atoms with Crippen LogP contribution in [0, 0.1) is 12.8 Å². The van der Waals surface area contributed by atoms with Crippen molar-refractivity contribution in [2.75, 3.05) is 13.9 Å². The predicted molar refractivity (Wildman–Crippen MR) is 112 cm³/mol. The maximum Gasteiger partial charge on any atom is 0.262 e. The number of aryl methyl sites for hydroxylation is 1. The number of carbonyl (C=O) groups is 2. The summed E-state index contributed by atoms with van der Waals surface area (Å²) in [4.78, 5) is 25.2. The van der Waals surface area contributed by atoms with Crippen LogP contribution >= 0.6 is 0 Å². The fourth-order valence-electron chi connectivity index (χ4n) is 2.95. The Morgan fingerprint density at radius 2 is 1.90 bits per heavy atom. The second-order valence-electron chi connectivity index (χ2n) is 7.23. The van der Waals surface area contributed by atoms with Crippen molar-refractivity contribution in [3.05, 3.63) is 53.1 Å². The van der Waals surface area contributed by atoms with E-state index in [1.165, 1.54) is 6.21 Å². The lowest BCUT2D eigenvalue weighted by molar-refractivity contribution is -0.123. The molecule has 2 amide bonds. The van der Waals surface area contributed by atoms with Crippen LogP contribution in [-0.4, -0.2) is 38.0 Å². The third kappa shape index (κ3) is 4.89. The van der Waals surface area contributed by atoms with Gasteiger partial charge in [-0.3, -0.25) is 9.59 Å². The Morgan fingerprint density at radius 1 is 1.13 bits per heavy atom. The number of hydrogen-bond acceptors (Lipinski definition) is 6. The third-order valence-electron chi connectivity index (χ3n) is 4.69. The largest absolute Gasteiger partial charge is 0.496 e. The molecule has 0 aliphatic carbocycles. The highest BCUT2D eigenvalue weighted by Gasteiger charge is 2.25. The molecule has 1 unspecified atom stereocenters. The second-order valence-corrected chi connectivity index (χ2v) is 7.23. The minimum Gasteiger partial charge on any atom is -0.496 e. The van der Waals surface area contributed by atoms with Crippen molar-refractivity contribution >= 4 is 18.0 Å². The van der Waals surface area contributed by atoms with Gasteiger partial charge in [0.25, 0.3) is 11.8 Å². The Kier molecular flexibility index (Phi) is 6.56. The summed E-state index contributed by atoms with van der Waals surface area (Å²) in [6.07, 6.45) is 1.52. The summed E-state index contributed by atoms with van der Waals surface area (Å²) in [7, 11) is 1.60. The molecule has 1 heterocycles. The Bertz CT molecular complexity index is 971. The van der Waals surface area contributed by atoms with Crippen LogP contribution in [0.4, 0.5) is 0 Å². The van der Waals surface area contributed by atoms with Crippen molar-refractivity contribution < 1.29 is 23.8 Å². The number of methoxy groups -OCH3 is 1. The van der Waals surface area contributed by atoms with Crippen molar-refractivity contribution in [1.82, 2.24) is 10.7 Å². The first-order valence-electron chi connectivity index (χ1n) is 9.57. The molecule has 2 aromatic carbocycles. The van der Waals surface area contributed by atoms with Crippen molar-refractivity contribution in [1.29, 1.82) is 0 Å². The molecule has 1 aliphatic heterocycles. The molecule has 0 fully saturated rings. The first-order valence-corrected chi connectivity index (χ1v) is 9.57. The van der Waals surface area contributed by atoms with E-state index >= 15 is 0 Å². The molecule has 0 spiro atoms. The number of hydrazone groups is 1. The zero-order valence-corrected chi connectivity index (χ0v) is 17.4. The van der Waals surface area contributed by atoms with Crippen LogP contribution in [0.15, 0.2) is 41.5 Å². The predicted octanol–water partition coefficient (Wildman–Crippen LogP) is 2.64. The summed E-state index contributed by atoms with van der Waals surface area (Å²) in [6.45, 7) is 5.76. The van der Waals surface area contributed by atoms with Gasteiger partial charge < -0.3 is 19.5 Å². The van der Waals surface area contributed by atoms with Crippen LogP contribution in [0.2, 0.25) is 0 Å². The maximum absolute atomic E-state index is 12.6. The van der Waals surface area contributed by atoms with Crippen LogP contribution in [0.1, 0.15) is 35.3 Å². The number of rotatable bonds is 7. The molecule has 158 valence electrons. The van der Waals surface area contributed by atoms with E-state index in [-0.39, 0.29) is 18.6 Å². The molecule has 0 saturated carbocycles. The normalized spacial score (nSPS) is 13.4. The van der Waals surface area contributed by atoms with Gasteiger partial charge in [0.15, 0.2) is 11.5 Å². The Labute approximate surface area is 175 Å². The molecule has 0 bridgehead atoms. The van der Waals surface area contributed by atoms with Crippen LogP contribution in [0.25, 0.3) is 0 Å². The van der Waals surface area contributed by atoms with Crippen LogP contribution in [0.3, 0.4) is 0 Å². The van der Waals surface area contributed by atoms with Crippen molar-refractivity contribution in [3.63, 3.8) is 0 Å². The van der Waals surface area contributed by atoms with E-state index in [4.69, 9.17) is 14.2 Å². The van der Waals surface area contributed by atoms with Gasteiger partial charge in [0.2, 0.25) is 6.79 Å². The van der Waals surface area contributed by atoms with Gasteiger partial charge in [-0.15, -0.1) is 0 Å². The van der Waals surface area contributed by atoms with Crippen LogP contribution < -0.4 is 25.0 Å². The molecule has 8 nitrogen and oxygen atoms in total. The number of hydrogen-bond donors (Lipinski definition) is 2. The molecule has 30 heavy (non-hydrogen) atoms. The van der Waals surface area contributed by atoms with E-state index in [9.17, 15) is 9.59 Å². The van der Waals surface area contributed by atoms with Crippen molar-refractivity contribution in [3.8, 4) is 17.2 Å². The van der Waals surface area contributed by atoms with Gasteiger partial charge in [0.1, 0.15) is 11.8 Å². The number of amides is 2. The lowest BCUT2D eigenvalue weighted by Crippen LogP contribution is -2.48. The van der Waals surface area contributed by atoms with Gasteiger partial charge in [-0.25, -0.2) is 5.43 Å². The van der Waals surface area contributed by atoms with Gasteiger partial charge in [-0.05, 0) is 48.2 Å². The summed E-state index contributed by atoms with van der Waals surface area (Å²) in [5.41, 5.74) is 4.66. The SMILES string of the molecule is COc1cc(/C=N/NC(=O)C(NC(=O)c2ccc3c(c2)OCO3)C(C)C)ccc1C. The van der Waals surface area contributed by atoms with Gasteiger partial charge in [0.05, 0.1) is 13.3 Å². The standard InChI is InChI=1S/C22H25N3O5/c1-13(2)20(24-21(26)16-7-8-17-19(10-16)30-12-29-17)22(27)25-23-11-15-6-5-14(3)18(9-15)28-4/h5-11,13,20H,12H2,1-4H3,(H,24,26)(H,25,27)/b23-11+. The summed E-state index contributed by atoms with van der Waals surface area (Å²) in [5, 5.41) is 6.77. The summed E-state index contributed by atoms with van der Waals surface area (Å²) in [6, 6.07) is 9.73. The molecule has 2 aromatic rings. The molecular formula is C22H25N3O5. The zero-order valence-electron chi connectivity index (χ0n) is 17.4. The van der Waals surface area contributed by atoms with E-state index in [1.54, 1.807) is 25.3 Å². The topological polar surface area (TPSA) is 98.2 Å². The number of benzene rings is 2. The average molecular weight is 411 g/mol. The summed E-state index contributed by atoms with van der Waals surface area (Å²) >= 11 is 0. The second kappa shape index (κ2) is 9.30. The van der Waals surface area contributed by atoms with Crippen molar-refractivity contribution in [2.24, 2.45) is 11.0 Å². The molecule has 3 rings (SSSR count). The summed E-state index contributed by atoms with van der Waals surface area (Å²) in [5.74, 6) is 0.904. The Hall–Kier alpha value is -3.55. The fraction of sp³-hybridized carbons (Fsp3) is 0.318. The smallest absolute Gasteiger partial charge is 0.262 e. The quantitative estimate of drug-likeness (QED) is 0.539. The van der Waals surface area contributed by atoms with E-state index in [0.717, 1.165) is 16.9 Å². The van der Waals surface area contributed by atoms with Crippen LogP contribution in [-0.2, 0) is 4.79 Å². The minimum absolute atomic E-state index is 0.127. The van der Waals surface area contributed by atoms with Gasteiger partial charge in [0, 0.05) is 5.56 Å². The first-order chi connectivity index (χ1) is 14.4. The molecule has 0 saturated heterocycles. The molecular weight excluding hydrogens is 386 g/mol. The number of nitrogens with zero attached hydrogens (tertiary/aromatic N) is 1. The monoisotopic (exact) mass is 411 g/mol. The lowest BCUT2D eigenvalue weighted by atomic mass is 10.0. The molecule has 2 N–H and O–H groups in total. The maximum atomic E-state index is 12.6. The molecule has 0 radical (unpaired) electrons. The number of fused-ring (bicyclic) bond motifs is 1. The van der Waals surface area contributed by atoms with Gasteiger partial charge >= 0.3 is 0 Å². The molecule has 1 aliphatic rings. The fourth-order valence-corrected chi connectivity index (χ4v) is 2.95. The Balaban J connectivity index is 1.64. The lowest BCUT2D eigenvalue weighted by Gasteiger charge is -2.20. The number of carbonyl (C=O) groups excluding carboxylic acids is 2. The van der Waals surface area contributed by atoms with Crippen LogP contribution in [0.5, 0.6) is 17.2 Å². The van der Waals surface area contributed by atoms with Crippen molar-refractivity contribution in [2.45, 2.75) is 26.8 Å². The highest BCUT2D eigenvalue weighted by Crippen LogP contribution is 2.32. The number of nitrogens with one attached hydrogen (secondary N) is 2. The van der Waals surface area contributed by atoms with Gasteiger partial charge in [-0.2, -0.15) is 5.10 Å². The zero-order chi connectivity index (χ0) is 21.7. The minimum atomic E-state index is -0.757. The van der Waals surface area contributed by atoms with E-state index in [0.29, 0.717) is 17.1 Å². The van der Waals surface area contributed by atoms with E-state index < -0.39 is 11.9 Å².